The Bertz CT molecular complexity index is 918. The Labute approximate surface area is 174 Å². The number of hydrogen-bond donors (Lipinski definition) is 1. The summed E-state index contributed by atoms with van der Waals surface area (Å²) in [4.78, 5) is 19.4. The lowest BCUT2D eigenvalue weighted by molar-refractivity contribution is -0.0931. The Morgan fingerprint density at radius 2 is 2.00 bits per heavy atom. The summed E-state index contributed by atoms with van der Waals surface area (Å²) in [5, 5.41) is 8.89. The minimum atomic E-state index is -4.56. The van der Waals surface area contributed by atoms with E-state index in [4.69, 9.17) is 5.11 Å². The molecule has 3 rings (SSSR count). The van der Waals surface area contributed by atoms with Crippen LogP contribution >= 0.6 is 15.9 Å². The van der Waals surface area contributed by atoms with E-state index in [1.807, 2.05) is 0 Å². The lowest BCUT2D eigenvalue weighted by Gasteiger charge is -2.31. The van der Waals surface area contributed by atoms with Gasteiger partial charge in [-0.1, -0.05) is 28.1 Å². The molecule has 154 valence electrons. The number of benzene rings is 1. The fraction of sp³-hybridized carbons (Fsp3) is 0.300. The first kappa shape index (κ1) is 21.3. The van der Waals surface area contributed by atoms with Crippen molar-refractivity contribution in [2.75, 3.05) is 26.7 Å². The van der Waals surface area contributed by atoms with Crippen LogP contribution in [0.2, 0.25) is 0 Å². The fourth-order valence-electron chi connectivity index (χ4n) is 3.05. The van der Waals surface area contributed by atoms with Gasteiger partial charge in [-0.3, -0.25) is 4.79 Å². The molecule has 2 aliphatic rings. The van der Waals surface area contributed by atoms with Crippen LogP contribution in [-0.4, -0.2) is 59.6 Å². The molecular formula is C20H19BrF3N3O2. The first-order valence-electron chi connectivity index (χ1n) is 8.89. The molecule has 0 aromatic heterocycles. The number of aliphatic imine (C=N–C) groups is 1. The highest BCUT2D eigenvalue weighted by atomic mass is 79.9. The molecule has 0 fully saturated rings. The number of hydrogen-bond acceptors (Lipinski definition) is 4. The number of nitrogens with zero attached hydrogens (tertiary/aromatic N) is 3. The van der Waals surface area contributed by atoms with Gasteiger partial charge in [0.25, 0.3) is 5.91 Å². The molecule has 1 aromatic carbocycles. The monoisotopic (exact) mass is 469 g/mol. The standard InChI is InChI=1S/C20H19BrF3N3O2/c1-26(9-3-11-28)19(29)14-7-5-13(6-8-14)15-4-2-10-27-12-16(21)17(20(22,23)24)25-18(15)27/h2,4-8,10,28H,3,9,11-12H2,1H3. The molecule has 5 nitrogen and oxygen atoms in total. The number of amides is 1. The van der Waals surface area contributed by atoms with Gasteiger partial charge in [0.15, 0.2) is 5.70 Å². The number of aliphatic hydroxyl groups is 1. The van der Waals surface area contributed by atoms with Crippen molar-refractivity contribution in [3.05, 3.63) is 63.9 Å². The quantitative estimate of drug-likeness (QED) is 0.710. The van der Waals surface area contributed by atoms with Gasteiger partial charge in [0, 0.05) is 42.0 Å². The second kappa shape index (κ2) is 8.54. The molecule has 0 saturated heterocycles. The molecule has 1 aromatic rings. The zero-order valence-corrected chi connectivity index (χ0v) is 17.2. The van der Waals surface area contributed by atoms with Crippen LogP contribution in [-0.2, 0) is 0 Å². The van der Waals surface area contributed by atoms with E-state index in [9.17, 15) is 18.0 Å². The molecular weight excluding hydrogens is 451 g/mol. The predicted octanol–water partition coefficient (Wildman–Crippen LogP) is 3.93. The number of aliphatic hydroxyl groups excluding tert-OH is 1. The Morgan fingerprint density at radius 1 is 1.31 bits per heavy atom. The maximum Gasteiger partial charge on any atom is 0.434 e. The van der Waals surface area contributed by atoms with Crippen LogP contribution in [0.25, 0.3) is 5.57 Å². The Balaban J connectivity index is 1.88. The third-order valence-electron chi connectivity index (χ3n) is 4.54. The van der Waals surface area contributed by atoms with E-state index in [2.05, 4.69) is 20.9 Å². The zero-order chi connectivity index (χ0) is 21.2. The number of rotatable bonds is 5. The first-order valence-corrected chi connectivity index (χ1v) is 9.68. The van der Waals surface area contributed by atoms with Crippen molar-refractivity contribution in [2.24, 2.45) is 4.99 Å². The van der Waals surface area contributed by atoms with E-state index in [0.717, 1.165) is 0 Å². The second-order valence-electron chi connectivity index (χ2n) is 6.62. The number of amidine groups is 1. The second-order valence-corrected chi connectivity index (χ2v) is 7.57. The lowest BCUT2D eigenvalue weighted by atomic mass is 9.99. The van der Waals surface area contributed by atoms with Crippen molar-refractivity contribution in [2.45, 2.75) is 12.6 Å². The topological polar surface area (TPSA) is 56.1 Å². The van der Waals surface area contributed by atoms with Crippen molar-refractivity contribution < 1.29 is 23.1 Å². The fourth-order valence-corrected chi connectivity index (χ4v) is 3.63. The molecule has 2 aliphatic heterocycles. The molecule has 0 unspecified atom stereocenters. The molecule has 0 atom stereocenters. The maximum absolute atomic E-state index is 13.3. The third-order valence-corrected chi connectivity index (χ3v) is 5.16. The Hall–Kier alpha value is -2.39. The van der Waals surface area contributed by atoms with Crippen LogP contribution in [0.4, 0.5) is 13.2 Å². The SMILES string of the molecule is CN(CCCO)C(=O)c1ccc(C2=CC=CN3CC(Br)=C(C(F)(F)F)N=C23)cc1. The van der Waals surface area contributed by atoms with Gasteiger partial charge in [-0.05, 0) is 36.3 Å². The molecule has 29 heavy (non-hydrogen) atoms. The minimum absolute atomic E-state index is 0.00131. The molecule has 1 amide bonds. The van der Waals surface area contributed by atoms with E-state index in [1.165, 1.54) is 4.90 Å². The number of alkyl halides is 3. The largest absolute Gasteiger partial charge is 0.434 e. The molecule has 2 heterocycles. The van der Waals surface area contributed by atoms with Gasteiger partial charge in [-0.2, -0.15) is 13.2 Å². The average Bonchev–Trinajstić information content (AvgIpc) is 2.69. The molecule has 9 heteroatoms. The van der Waals surface area contributed by atoms with Gasteiger partial charge >= 0.3 is 6.18 Å². The van der Waals surface area contributed by atoms with Gasteiger partial charge in [0.2, 0.25) is 0 Å². The summed E-state index contributed by atoms with van der Waals surface area (Å²) in [6, 6.07) is 6.66. The average molecular weight is 470 g/mol. The van der Waals surface area contributed by atoms with E-state index in [-0.39, 0.29) is 29.4 Å². The van der Waals surface area contributed by atoms with E-state index in [0.29, 0.717) is 29.7 Å². The van der Waals surface area contributed by atoms with Crippen molar-refractivity contribution in [1.82, 2.24) is 9.80 Å². The van der Waals surface area contributed by atoms with Crippen molar-refractivity contribution in [1.29, 1.82) is 0 Å². The maximum atomic E-state index is 13.3. The zero-order valence-electron chi connectivity index (χ0n) is 15.6. The number of carbonyl (C=O) groups excluding carboxylic acids is 1. The van der Waals surface area contributed by atoms with Crippen LogP contribution in [0.3, 0.4) is 0 Å². The van der Waals surface area contributed by atoms with Crippen LogP contribution in [0.15, 0.2) is 57.8 Å². The number of allylic oxidation sites excluding steroid dienone is 3. The number of halogens is 4. The Morgan fingerprint density at radius 3 is 2.62 bits per heavy atom. The van der Waals surface area contributed by atoms with E-state index in [1.54, 1.807) is 54.6 Å². The summed E-state index contributed by atoms with van der Waals surface area (Å²) in [7, 11) is 1.65. The van der Waals surface area contributed by atoms with Crippen molar-refractivity contribution in [3.63, 3.8) is 0 Å². The highest BCUT2D eigenvalue weighted by molar-refractivity contribution is 9.11. The summed E-state index contributed by atoms with van der Waals surface area (Å²) < 4.78 is 39.8. The van der Waals surface area contributed by atoms with E-state index < -0.39 is 11.9 Å². The highest BCUT2D eigenvalue weighted by Crippen LogP contribution is 2.37. The van der Waals surface area contributed by atoms with Gasteiger partial charge < -0.3 is 14.9 Å². The first-order chi connectivity index (χ1) is 13.7. The molecule has 0 aliphatic carbocycles. The summed E-state index contributed by atoms with van der Waals surface area (Å²) >= 11 is 2.99. The summed E-state index contributed by atoms with van der Waals surface area (Å²) in [6.07, 6.45) is 1.05. The smallest absolute Gasteiger partial charge is 0.396 e. The van der Waals surface area contributed by atoms with Crippen LogP contribution < -0.4 is 0 Å². The van der Waals surface area contributed by atoms with Gasteiger partial charge in [0.05, 0.1) is 6.54 Å². The van der Waals surface area contributed by atoms with Crippen LogP contribution in [0.5, 0.6) is 0 Å². The van der Waals surface area contributed by atoms with Crippen LogP contribution in [0.1, 0.15) is 22.3 Å². The molecule has 0 radical (unpaired) electrons. The van der Waals surface area contributed by atoms with Crippen molar-refractivity contribution in [3.8, 4) is 0 Å². The highest BCUT2D eigenvalue weighted by Gasteiger charge is 2.40. The van der Waals surface area contributed by atoms with Gasteiger partial charge in [-0.15, -0.1) is 0 Å². The number of carbonyl (C=O) groups is 1. The summed E-state index contributed by atoms with van der Waals surface area (Å²) in [6.45, 7) is 0.468. The summed E-state index contributed by atoms with van der Waals surface area (Å²) in [5.41, 5.74) is 0.721. The summed E-state index contributed by atoms with van der Waals surface area (Å²) in [5.74, 6) is 0.0209. The predicted molar refractivity (Wildman–Crippen MR) is 108 cm³/mol. The van der Waals surface area contributed by atoms with Crippen LogP contribution in [0, 0.1) is 0 Å². The minimum Gasteiger partial charge on any atom is -0.396 e. The number of fused-ring (bicyclic) bond motifs is 1. The molecule has 0 saturated carbocycles. The normalized spacial score (nSPS) is 16.4. The Kier molecular flexibility index (Phi) is 6.28. The van der Waals surface area contributed by atoms with Gasteiger partial charge in [-0.25, -0.2) is 4.99 Å². The molecule has 0 spiro atoms. The molecule has 0 bridgehead atoms. The lowest BCUT2D eigenvalue weighted by Crippen LogP contribution is -2.35. The van der Waals surface area contributed by atoms with Crippen molar-refractivity contribution >= 4 is 33.2 Å². The van der Waals surface area contributed by atoms with Gasteiger partial charge in [0.1, 0.15) is 5.84 Å². The molecule has 1 N–H and O–H groups in total. The third kappa shape index (κ3) is 4.62. The van der Waals surface area contributed by atoms with E-state index >= 15 is 0 Å².